The SMILES string of the molecule is CC[C@H](C)[C@@H](NC(=O)c1cccc(F)c1)c1nc(-c2cccc([N+](=O)[O-])c2)no1. The van der Waals surface area contributed by atoms with Crippen molar-refractivity contribution in [3.63, 3.8) is 0 Å². The van der Waals surface area contributed by atoms with Crippen molar-refractivity contribution >= 4 is 11.6 Å². The van der Waals surface area contributed by atoms with Gasteiger partial charge in [0.25, 0.3) is 11.6 Å². The van der Waals surface area contributed by atoms with Crippen molar-refractivity contribution in [3.05, 3.63) is 75.9 Å². The number of rotatable bonds is 7. The fourth-order valence-corrected chi connectivity index (χ4v) is 2.77. The van der Waals surface area contributed by atoms with E-state index in [1.807, 2.05) is 13.8 Å². The zero-order valence-corrected chi connectivity index (χ0v) is 15.8. The first-order valence-corrected chi connectivity index (χ1v) is 9.04. The lowest BCUT2D eigenvalue weighted by atomic mass is 9.98. The zero-order valence-electron chi connectivity index (χ0n) is 15.8. The van der Waals surface area contributed by atoms with Crippen LogP contribution in [0.2, 0.25) is 0 Å². The molecule has 150 valence electrons. The zero-order chi connectivity index (χ0) is 21.0. The summed E-state index contributed by atoms with van der Waals surface area (Å²) in [5.74, 6) is -0.679. The Morgan fingerprint density at radius 1 is 1.28 bits per heavy atom. The summed E-state index contributed by atoms with van der Waals surface area (Å²) in [7, 11) is 0. The number of amides is 1. The normalized spacial score (nSPS) is 12.9. The highest BCUT2D eigenvalue weighted by atomic mass is 19.1. The first-order chi connectivity index (χ1) is 13.9. The standard InChI is InChI=1S/C20H19FN4O4/c1-3-12(2)17(22-19(26)14-7-4-8-15(21)10-14)20-23-18(24-29-20)13-6-5-9-16(11-13)25(27)28/h4-12,17H,3H2,1-2H3,(H,22,26)/t12-,17+/m0/s1. The van der Waals surface area contributed by atoms with Gasteiger partial charge >= 0.3 is 0 Å². The molecule has 0 radical (unpaired) electrons. The third-order valence-electron chi connectivity index (χ3n) is 4.61. The summed E-state index contributed by atoms with van der Waals surface area (Å²) in [6.45, 7) is 3.86. The maximum atomic E-state index is 13.4. The molecule has 0 unspecified atom stereocenters. The number of nitro benzene ring substituents is 1. The Kier molecular flexibility index (Phi) is 5.96. The molecule has 3 rings (SSSR count). The first kappa shape index (κ1) is 20.1. The van der Waals surface area contributed by atoms with Crippen LogP contribution in [-0.4, -0.2) is 21.0 Å². The maximum Gasteiger partial charge on any atom is 0.270 e. The molecular weight excluding hydrogens is 379 g/mol. The van der Waals surface area contributed by atoms with E-state index < -0.39 is 22.7 Å². The molecule has 2 atom stereocenters. The molecule has 0 aliphatic heterocycles. The minimum Gasteiger partial charge on any atom is -0.340 e. The number of non-ortho nitro benzene ring substituents is 1. The molecule has 1 heterocycles. The Morgan fingerprint density at radius 3 is 2.72 bits per heavy atom. The Balaban J connectivity index is 1.88. The average Bonchev–Trinajstić information content (AvgIpc) is 3.21. The lowest BCUT2D eigenvalue weighted by Crippen LogP contribution is -2.32. The van der Waals surface area contributed by atoms with E-state index in [1.54, 1.807) is 6.07 Å². The second-order valence-electron chi connectivity index (χ2n) is 6.61. The number of nitrogens with one attached hydrogen (secondary N) is 1. The molecule has 0 fully saturated rings. The van der Waals surface area contributed by atoms with E-state index >= 15 is 0 Å². The number of halogens is 1. The lowest BCUT2D eigenvalue weighted by molar-refractivity contribution is -0.384. The van der Waals surface area contributed by atoms with Crippen LogP contribution in [0.4, 0.5) is 10.1 Å². The van der Waals surface area contributed by atoms with Gasteiger partial charge in [0.1, 0.15) is 11.9 Å². The van der Waals surface area contributed by atoms with E-state index in [4.69, 9.17) is 4.52 Å². The molecule has 1 amide bonds. The highest BCUT2D eigenvalue weighted by Gasteiger charge is 2.27. The summed E-state index contributed by atoms with van der Waals surface area (Å²) in [5, 5.41) is 17.7. The number of aromatic nitrogens is 2. The Hall–Kier alpha value is -3.62. The fraction of sp³-hybridized carbons (Fsp3) is 0.250. The van der Waals surface area contributed by atoms with Crippen molar-refractivity contribution in [1.29, 1.82) is 0 Å². The molecule has 3 aromatic rings. The Morgan fingerprint density at radius 2 is 2.03 bits per heavy atom. The molecule has 0 aliphatic rings. The highest BCUT2D eigenvalue weighted by molar-refractivity contribution is 5.94. The van der Waals surface area contributed by atoms with Gasteiger partial charge in [0.2, 0.25) is 11.7 Å². The van der Waals surface area contributed by atoms with Crippen LogP contribution in [0.25, 0.3) is 11.4 Å². The van der Waals surface area contributed by atoms with Crippen LogP contribution >= 0.6 is 0 Å². The number of hydrogen-bond donors (Lipinski definition) is 1. The number of carbonyl (C=O) groups is 1. The number of hydrogen-bond acceptors (Lipinski definition) is 6. The van der Waals surface area contributed by atoms with Gasteiger partial charge in [0.05, 0.1) is 4.92 Å². The quantitative estimate of drug-likeness (QED) is 0.469. The van der Waals surface area contributed by atoms with Gasteiger partial charge in [-0.25, -0.2) is 4.39 Å². The van der Waals surface area contributed by atoms with Crippen LogP contribution in [0, 0.1) is 21.8 Å². The van der Waals surface area contributed by atoms with Crippen LogP contribution < -0.4 is 5.32 Å². The molecule has 0 bridgehead atoms. The third kappa shape index (κ3) is 4.63. The predicted octanol–water partition coefficient (Wildman–Crippen LogP) is 4.30. The molecule has 8 nitrogen and oxygen atoms in total. The Labute approximate surface area is 165 Å². The summed E-state index contributed by atoms with van der Waals surface area (Å²) >= 11 is 0. The molecule has 9 heteroatoms. The van der Waals surface area contributed by atoms with E-state index in [2.05, 4.69) is 15.5 Å². The van der Waals surface area contributed by atoms with Crippen molar-refractivity contribution in [2.45, 2.75) is 26.3 Å². The van der Waals surface area contributed by atoms with Gasteiger partial charge in [-0.3, -0.25) is 14.9 Å². The first-order valence-electron chi connectivity index (χ1n) is 9.04. The fourth-order valence-electron chi connectivity index (χ4n) is 2.77. The number of benzene rings is 2. The van der Waals surface area contributed by atoms with Crippen molar-refractivity contribution < 1.29 is 18.6 Å². The predicted molar refractivity (Wildman–Crippen MR) is 102 cm³/mol. The van der Waals surface area contributed by atoms with E-state index in [1.165, 1.54) is 36.4 Å². The van der Waals surface area contributed by atoms with Crippen LogP contribution in [0.5, 0.6) is 0 Å². The molecular formula is C20H19FN4O4. The van der Waals surface area contributed by atoms with Crippen LogP contribution in [0.15, 0.2) is 53.1 Å². The molecule has 0 saturated carbocycles. The van der Waals surface area contributed by atoms with E-state index in [0.717, 1.165) is 6.07 Å². The van der Waals surface area contributed by atoms with Gasteiger partial charge < -0.3 is 9.84 Å². The molecule has 2 aromatic carbocycles. The van der Waals surface area contributed by atoms with Crippen molar-refractivity contribution in [2.24, 2.45) is 5.92 Å². The van der Waals surface area contributed by atoms with Gasteiger partial charge in [-0.15, -0.1) is 0 Å². The van der Waals surface area contributed by atoms with Crippen molar-refractivity contribution in [3.8, 4) is 11.4 Å². The summed E-state index contributed by atoms with van der Waals surface area (Å²) < 4.78 is 18.8. The summed E-state index contributed by atoms with van der Waals surface area (Å²) in [4.78, 5) is 27.3. The van der Waals surface area contributed by atoms with Gasteiger partial charge in [-0.1, -0.05) is 43.6 Å². The van der Waals surface area contributed by atoms with E-state index in [0.29, 0.717) is 12.0 Å². The third-order valence-corrected chi connectivity index (χ3v) is 4.61. The summed E-state index contributed by atoms with van der Waals surface area (Å²) in [6.07, 6.45) is 0.711. The molecule has 1 aromatic heterocycles. The second-order valence-corrected chi connectivity index (χ2v) is 6.61. The van der Waals surface area contributed by atoms with Crippen molar-refractivity contribution in [2.75, 3.05) is 0 Å². The average molecular weight is 398 g/mol. The number of carbonyl (C=O) groups excluding carboxylic acids is 1. The van der Waals surface area contributed by atoms with E-state index in [9.17, 15) is 19.3 Å². The summed E-state index contributed by atoms with van der Waals surface area (Å²) in [6, 6.07) is 10.6. The molecule has 0 saturated heterocycles. The summed E-state index contributed by atoms with van der Waals surface area (Å²) in [5.41, 5.74) is 0.511. The van der Waals surface area contributed by atoms with Crippen LogP contribution in [0.1, 0.15) is 42.6 Å². The Bertz CT molecular complexity index is 1040. The highest BCUT2D eigenvalue weighted by Crippen LogP contribution is 2.27. The largest absolute Gasteiger partial charge is 0.340 e. The molecule has 29 heavy (non-hydrogen) atoms. The van der Waals surface area contributed by atoms with Gasteiger partial charge in [-0.05, 0) is 24.1 Å². The minimum atomic E-state index is -0.601. The lowest BCUT2D eigenvalue weighted by Gasteiger charge is -2.20. The molecule has 1 N–H and O–H groups in total. The maximum absolute atomic E-state index is 13.4. The second kappa shape index (κ2) is 8.59. The number of nitrogens with zero attached hydrogens (tertiary/aromatic N) is 3. The molecule has 0 aliphatic carbocycles. The number of nitro groups is 1. The van der Waals surface area contributed by atoms with Gasteiger partial charge in [0.15, 0.2) is 0 Å². The monoisotopic (exact) mass is 398 g/mol. The van der Waals surface area contributed by atoms with E-state index in [-0.39, 0.29) is 28.9 Å². The van der Waals surface area contributed by atoms with Crippen LogP contribution in [0.3, 0.4) is 0 Å². The smallest absolute Gasteiger partial charge is 0.270 e. The van der Waals surface area contributed by atoms with Crippen molar-refractivity contribution in [1.82, 2.24) is 15.5 Å². The topological polar surface area (TPSA) is 111 Å². The minimum absolute atomic E-state index is 0.0501. The van der Waals surface area contributed by atoms with Crippen LogP contribution in [-0.2, 0) is 0 Å². The van der Waals surface area contributed by atoms with Gasteiger partial charge in [0, 0.05) is 23.3 Å². The van der Waals surface area contributed by atoms with Gasteiger partial charge in [-0.2, -0.15) is 4.98 Å². The molecule has 0 spiro atoms.